The van der Waals surface area contributed by atoms with Crippen LogP contribution in [-0.2, 0) is 6.54 Å². The van der Waals surface area contributed by atoms with Gasteiger partial charge in [-0.3, -0.25) is 0 Å². The van der Waals surface area contributed by atoms with Crippen LogP contribution in [0.25, 0.3) is 11.4 Å². The number of guanidine groups is 1. The molecule has 6 nitrogen and oxygen atoms in total. The Morgan fingerprint density at radius 3 is 2.95 bits per heavy atom. The van der Waals surface area contributed by atoms with Crippen molar-refractivity contribution >= 4 is 41.5 Å². The third-order valence-corrected chi connectivity index (χ3v) is 3.18. The number of aromatic nitrogens is 2. The van der Waals surface area contributed by atoms with Gasteiger partial charge < -0.3 is 15.6 Å². The number of halogens is 2. The van der Waals surface area contributed by atoms with Gasteiger partial charge in [0.2, 0.25) is 11.7 Å². The fourth-order valence-corrected chi connectivity index (χ4v) is 1.81. The molecule has 1 unspecified atom stereocenters. The van der Waals surface area contributed by atoms with Crippen molar-refractivity contribution in [3.05, 3.63) is 35.2 Å². The molecule has 0 radical (unpaired) electrons. The van der Waals surface area contributed by atoms with Crippen molar-refractivity contribution in [2.24, 2.45) is 10.7 Å². The van der Waals surface area contributed by atoms with Gasteiger partial charge in [-0.05, 0) is 25.5 Å². The molecule has 8 heteroatoms. The summed E-state index contributed by atoms with van der Waals surface area (Å²) < 4.78 is 5.15. The first-order chi connectivity index (χ1) is 10.1. The molecular formula is C14H19ClIN5O. The van der Waals surface area contributed by atoms with Crippen LogP contribution in [0.1, 0.15) is 26.2 Å². The molecule has 120 valence electrons. The molecule has 1 aromatic carbocycles. The van der Waals surface area contributed by atoms with Crippen molar-refractivity contribution in [2.75, 3.05) is 0 Å². The highest BCUT2D eigenvalue weighted by molar-refractivity contribution is 14.0. The normalized spacial score (nSPS) is 12.6. The summed E-state index contributed by atoms with van der Waals surface area (Å²) in [6.07, 6.45) is 0.968. The van der Waals surface area contributed by atoms with Crippen molar-refractivity contribution in [3.8, 4) is 11.4 Å². The van der Waals surface area contributed by atoms with E-state index in [2.05, 4.69) is 27.4 Å². The van der Waals surface area contributed by atoms with E-state index in [4.69, 9.17) is 21.9 Å². The zero-order valence-electron chi connectivity index (χ0n) is 12.4. The number of aliphatic imine (C=N–C) groups is 1. The Morgan fingerprint density at radius 1 is 1.50 bits per heavy atom. The summed E-state index contributed by atoms with van der Waals surface area (Å²) in [5.41, 5.74) is 6.57. The van der Waals surface area contributed by atoms with Gasteiger partial charge in [0.15, 0.2) is 5.96 Å². The minimum absolute atomic E-state index is 0. The zero-order valence-corrected chi connectivity index (χ0v) is 15.5. The van der Waals surface area contributed by atoms with Crippen molar-refractivity contribution in [2.45, 2.75) is 32.9 Å². The molecule has 0 amide bonds. The summed E-state index contributed by atoms with van der Waals surface area (Å²) in [6.45, 7) is 4.34. The van der Waals surface area contributed by atoms with Gasteiger partial charge in [-0.2, -0.15) is 4.98 Å². The molecule has 0 saturated heterocycles. The predicted molar refractivity (Wildman–Crippen MR) is 98.4 cm³/mol. The monoisotopic (exact) mass is 435 g/mol. The number of hydrogen-bond acceptors (Lipinski definition) is 4. The molecule has 2 aromatic rings. The van der Waals surface area contributed by atoms with Crippen LogP contribution in [0.4, 0.5) is 0 Å². The van der Waals surface area contributed by atoms with Crippen LogP contribution in [0, 0.1) is 0 Å². The quantitative estimate of drug-likeness (QED) is 0.428. The SMILES string of the molecule is CCC(C)NC(N)=NCc1nc(-c2cccc(Cl)c2)no1.I. The molecule has 2 rings (SSSR count). The Kier molecular flexibility index (Phi) is 7.60. The Hall–Kier alpha value is -1.35. The molecule has 1 atom stereocenters. The lowest BCUT2D eigenvalue weighted by Crippen LogP contribution is -2.38. The van der Waals surface area contributed by atoms with Crippen LogP contribution in [-0.4, -0.2) is 22.1 Å². The summed E-state index contributed by atoms with van der Waals surface area (Å²) in [7, 11) is 0. The second-order valence-electron chi connectivity index (χ2n) is 4.68. The highest BCUT2D eigenvalue weighted by Crippen LogP contribution is 2.19. The first-order valence-electron chi connectivity index (χ1n) is 6.73. The number of nitrogens with zero attached hydrogens (tertiary/aromatic N) is 3. The van der Waals surface area contributed by atoms with E-state index in [1.54, 1.807) is 12.1 Å². The van der Waals surface area contributed by atoms with Crippen LogP contribution in [0.3, 0.4) is 0 Å². The average molecular weight is 436 g/mol. The summed E-state index contributed by atoms with van der Waals surface area (Å²) >= 11 is 5.93. The lowest BCUT2D eigenvalue weighted by Gasteiger charge is -2.10. The summed E-state index contributed by atoms with van der Waals surface area (Å²) in [4.78, 5) is 8.43. The minimum atomic E-state index is 0. The zero-order chi connectivity index (χ0) is 15.2. The van der Waals surface area contributed by atoms with Crippen molar-refractivity contribution in [1.82, 2.24) is 15.5 Å². The van der Waals surface area contributed by atoms with E-state index in [1.807, 2.05) is 19.1 Å². The van der Waals surface area contributed by atoms with Gasteiger partial charge in [0, 0.05) is 16.6 Å². The van der Waals surface area contributed by atoms with Crippen LogP contribution >= 0.6 is 35.6 Å². The summed E-state index contributed by atoms with van der Waals surface area (Å²) in [6, 6.07) is 7.54. The molecule has 0 saturated carbocycles. The van der Waals surface area contributed by atoms with Gasteiger partial charge in [-0.25, -0.2) is 4.99 Å². The van der Waals surface area contributed by atoms with Crippen molar-refractivity contribution in [3.63, 3.8) is 0 Å². The van der Waals surface area contributed by atoms with Crippen LogP contribution < -0.4 is 11.1 Å². The van der Waals surface area contributed by atoms with E-state index in [9.17, 15) is 0 Å². The molecule has 0 aliphatic carbocycles. The Balaban J connectivity index is 0.00000242. The molecule has 0 bridgehead atoms. The molecule has 1 heterocycles. The lowest BCUT2D eigenvalue weighted by atomic mass is 10.2. The average Bonchev–Trinajstić information content (AvgIpc) is 2.94. The fraction of sp³-hybridized carbons (Fsp3) is 0.357. The van der Waals surface area contributed by atoms with E-state index >= 15 is 0 Å². The minimum Gasteiger partial charge on any atom is -0.370 e. The van der Waals surface area contributed by atoms with Gasteiger partial charge in [0.05, 0.1) is 0 Å². The Bertz CT molecular complexity index is 631. The second-order valence-corrected chi connectivity index (χ2v) is 5.11. The fourth-order valence-electron chi connectivity index (χ4n) is 1.62. The third-order valence-electron chi connectivity index (χ3n) is 2.94. The van der Waals surface area contributed by atoms with Crippen LogP contribution in [0.2, 0.25) is 5.02 Å². The number of hydrogen-bond donors (Lipinski definition) is 2. The van der Waals surface area contributed by atoms with E-state index in [-0.39, 0.29) is 36.6 Å². The van der Waals surface area contributed by atoms with E-state index in [0.29, 0.717) is 22.7 Å². The van der Waals surface area contributed by atoms with Gasteiger partial charge in [-0.1, -0.05) is 35.8 Å². The topological polar surface area (TPSA) is 89.3 Å². The van der Waals surface area contributed by atoms with Crippen molar-refractivity contribution < 1.29 is 4.52 Å². The van der Waals surface area contributed by atoms with Gasteiger partial charge in [-0.15, -0.1) is 24.0 Å². The molecule has 0 aliphatic heterocycles. The molecule has 0 spiro atoms. The standard InChI is InChI=1S/C14H18ClN5O.HI/c1-3-9(2)18-14(16)17-8-12-19-13(20-21-12)10-5-4-6-11(15)7-10;/h4-7,9H,3,8H2,1-2H3,(H3,16,17,18);1H. The van der Waals surface area contributed by atoms with Gasteiger partial charge in [0.1, 0.15) is 6.54 Å². The maximum absolute atomic E-state index is 5.93. The number of nitrogens with one attached hydrogen (secondary N) is 1. The lowest BCUT2D eigenvalue weighted by molar-refractivity contribution is 0.380. The van der Waals surface area contributed by atoms with Crippen LogP contribution in [0.5, 0.6) is 0 Å². The molecule has 1 aromatic heterocycles. The van der Waals surface area contributed by atoms with E-state index in [1.165, 1.54) is 0 Å². The first-order valence-corrected chi connectivity index (χ1v) is 7.11. The van der Waals surface area contributed by atoms with Crippen molar-refractivity contribution in [1.29, 1.82) is 0 Å². The Morgan fingerprint density at radius 2 is 2.27 bits per heavy atom. The molecule has 3 N–H and O–H groups in total. The molecular weight excluding hydrogens is 417 g/mol. The van der Waals surface area contributed by atoms with Gasteiger partial charge in [0.25, 0.3) is 0 Å². The summed E-state index contributed by atoms with van der Waals surface area (Å²) in [5, 5.41) is 7.60. The number of benzene rings is 1. The van der Waals surface area contributed by atoms with E-state index in [0.717, 1.165) is 12.0 Å². The highest BCUT2D eigenvalue weighted by atomic mass is 127. The van der Waals surface area contributed by atoms with Gasteiger partial charge >= 0.3 is 0 Å². The number of nitrogens with two attached hydrogens (primary N) is 1. The first kappa shape index (κ1) is 18.7. The van der Waals surface area contributed by atoms with Crippen LogP contribution in [0.15, 0.2) is 33.8 Å². The molecule has 0 aliphatic rings. The maximum Gasteiger partial charge on any atom is 0.248 e. The van der Waals surface area contributed by atoms with E-state index < -0.39 is 0 Å². The second kappa shape index (κ2) is 8.94. The largest absolute Gasteiger partial charge is 0.370 e. The summed E-state index contributed by atoms with van der Waals surface area (Å²) in [5.74, 6) is 1.25. The predicted octanol–water partition coefficient (Wildman–Crippen LogP) is 3.21. The molecule has 0 fully saturated rings. The highest BCUT2D eigenvalue weighted by Gasteiger charge is 2.08. The molecule has 22 heavy (non-hydrogen) atoms. The maximum atomic E-state index is 5.93. The third kappa shape index (κ3) is 5.45. The Labute approximate surface area is 151 Å². The number of rotatable bonds is 5. The smallest absolute Gasteiger partial charge is 0.248 e.